The van der Waals surface area contributed by atoms with Crippen molar-refractivity contribution in [3.05, 3.63) is 50.6 Å². The van der Waals surface area contributed by atoms with E-state index < -0.39 is 61.1 Å². The lowest BCUT2D eigenvalue weighted by molar-refractivity contribution is 0.563. The molecule has 0 saturated heterocycles. The monoisotopic (exact) mass is 652 g/mol. The van der Waals surface area contributed by atoms with Gasteiger partial charge in [-0.25, -0.2) is 54.2 Å². The van der Waals surface area contributed by atoms with Crippen LogP contribution in [0.5, 0.6) is 0 Å². The molecular formula is C24H52N4O8S4. The Morgan fingerprint density at radius 3 is 0.500 bits per heavy atom. The van der Waals surface area contributed by atoms with Crippen LogP contribution in [0.15, 0.2) is 50.6 Å². The van der Waals surface area contributed by atoms with Crippen LogP contribution in [0, 0.1) is 23.7 Å². The van der Waals surface area contributed by atoms with E-state index in [0.29, 0.717) is 0 Å². The molecule has 0 spiro atoms. The average molecular weight is 653 g/mol. The second-order valence-electron chi connectivity index (χ2n) is 9.56. The van der Waals surface area contributed by atoms with Gasteiger partial charge in [0.2, 0.25) is 40.1 Å². The van der Waals surface area contributed by atoms with Gasteiger partial charge in [0.1, 0.15) is 0 Å². The third kappa shape index (κ3) is 21.4. The first-order chi connectivity index (χ1) is 17.6. The highest BCUT2D eigenvalue weighted by Crippen LogP contribution is 2.11. The summed E-state index contributed by atoms with van der Waals surface area (Å²) in [5.74, 6) is -0.352. The molecule has 40 heavy (non-hydrogen) atoms. The molecule has 0 aliphatic heterocycles. The maximum Gasteiger partial charge on any atom is 0.212 e. The van der Waals surface area contributed by atoms with E-state index in [1.807, 2.05) is 0 Å². The molecule has 0 aliphatic rings. The van der Waals surface area contributed by atoms with E-state index >= 15 is 0 Å². The third-order valence-electron chi connectivity index (χ3n) is 6.52. The van der Waals surface area contributed by atoms with Gasteiger partial charge in [-0.2, -0.15) is 0 Å². The summed E-state index contributed by atoms with van der Waals surface area (Å²) in [6.45, 7) is 27.2. The molecule has 240 valence electrons. The summed E-state index contributed by atoms with van der Waals surface area (Å²) in [7, 11) is -13.5. The summed E-state index contributed by atoms with van der Waals surface area (Å²) in [5, 5.41) is 17.4. The van der Waals surface area contributed by atoms with E-state index in [-0.39, 0.29) is 23.7 Å². The van der Waals surface area contributed by atoms with E-state index in [0.717, 1.165) is 0 Å². The molecule has 8 atom stereocenters. The van der Waals surface area contributed by atoms with Crippen molar-refractivity contribution in [2.24, 2.45) is 44.2 Å². The highest BCUT2D eigenvalue weighted by Gasteiger charge is 2.22. The molecule has 0 aromatic carbocycles. The number of hydrogen-bond acceptors (Lipinski definition) is 8. The van der Waals surface area contributed by atoms with Crippen LogP contribution in [0.2, 0.25) is 0 Å². The number of nitrogens with two attached hydrogens (primary N) is 4. The maximum atomic E-state index is 10.7. The van der Waals surface area contributed by atoms with Crippen molar-refractivity contribution in [2.45, 2.75) is 76.4 Å². The van der Waals surface area contributed by atoms with Crippen LogP contribution in [0.4, 0.5) is 0 Å². The van der Waals surface area contributed by atoms with Gasteiger partial charge in [0.25, 0.3) is 0 Å². The van der Waals surface area contributed by atoms with Gasteiger partial charge >= 0.3 is 0 Å². The Morgan fingerprint density at radius 1 is 0.375 bits per heavy atom. The van der Waals surface area contributed by atoms with E-state index in [1.165, 1.54) is 0 Å². The molecule has 0 aromatic heterocycles. The Bertz CT molecular complexity index is 1020. The molecular weight excluding hydrogens is 601 g/mol. The zero-order valence-corrected chi connectivity index (χ0v) is 28.2. The van der Waals surface area contributed by atoms with E-state index in [9.17, 15) is 33.7 Å². The van der Waals surface area contributed by atoms with Gasteiger partial charge in [0.15, 0.2) is 0 Å². The standard InChI is InChI=1S/4C6H13NO2S/c4*1-4-5(2)6(3)10(7,8)9/h4*4-6H,1H2,2-3H3,(H2,7,8,9)/t2*5-,6+;2*5-,6-/m1010/s1. The van der Waals surface area contributed by atoms with Crippen molar-refractivity contribution in [3.63, 3.8) is 0 Å². The van der Waals surface area contributed by atoms with Crippen LogP contribution < -0.4 is 20.6 Å². The Kier molecular flexibility index (Phi) is 22.4. The Hall–Kier alpha value is -1.40. The normalized spacial score (nSPS) is 17.9. The van der Waals surface area contributed by atoms with E-state index in [1.54, 1.807) is 79.7 Å². The lowest BCUT2D eigenvalue weighted by Crippen LogP contribution is -2.30. The summed E-state index contributed by atoms with van der Waals surface area (Å²) in [4.78, 5) is 0. The molecule has 0 radical (unpaired) electrons. The number of allylic oxidation sites excluding steroid dienone is 4. The summed E-state index contributed by atoms with van der Waals surface area (Å²) >= 11 is 0. The van der Waals surface area contributed by atoms with Crippen LogP contribution in [0.3, 0.4) is 0 Å². The maximum absolute atomic E-state index is 10.7. The molecule has 0 aromatic rings. The van der Waals surface area contributed by atoms with Gasteiger partial charge in [-0.3, -0.25) is 0 Å². The summed E-state index contributed by atoms with van der Waals surface area (Å²) in [6, 6.07) is 0. The third-order valence-corrected chi connectivity index (χ3v) is 12.4. The smallest absolute Gasteiger partial charge is 0.212 e. The number of hydrogen-bond donors (Lipinski definition) is 4. The lowest BCUT2D eigenvalue weighted by atomic mass is 10.1. The highest BCUT2D eigenvalue weighted by molar-refractivity contribution is 7.90. The Labute approximate surface area is 244 Å². The van der Waals surface area contributed by atoms with Crippen LogP contribution in [0.1, 0.15) is 55.4 Å². The van der Waals surface area contributed by atoms with Crippen molar-refractivity contribution >= 4 is 40.1 Å². The van der Waals surface area contributed by atoms with Gasteiger partial charge in [-0.15, -0.1) is 26.3 Å². The molecule has 0 amide bonds. The fourth-order valence-corrected chi connectivity index (χ4v) is 4.80. The molecule has 0 saturated carbocycles. The summed E-state index contributed by atoms with van der Waals surface area (Å²) in [6.07, 6.45) is 6.31. The van der Waals surface area contributed by atoms with Gasteiger partial charge < -0.3 is 0 Å². The van der Waals surface area contributed by atoms with Crippen molar-refractivity contribution in [2.75, 3.05) is 0 Å². The fourth-order valence-electron chi connectivity index (χ4n) is 1.96. The van der Waals surface area contributed by atoms with Gasteiger partial charge in [-0.1, -0.05) is 52.0 Å². The molecule has 0 unspecified atom stereocenters. The Morgan fingerprint density at radius 2 is 0.475 bits per heavy atom. The predicted molar refractivity (Wildman–Crippen MR) is 168 cm³/mol. The molecule has 0 heterocycles. The SMILES string of the molecule is C=C[C@@H](C)[C@@H](C)S(N)(=O)=O.C=C[C@@H](C)[C@H](C)S(N)(=O)=O.C=C[C@H](C)[C@@H](C)S(N)(=O)=O.C=C[C@H](C)[C@H](C)S(N)(=O)=O. The summed E-state index contributed by atoms with van der Waals surface area (Å²) in [5.41, 5.74) is 0. The topological polar surface area (TPSA) is 241 Å². The first-order valence-electron chi connectivity index (χ1n) is 12.1. The van der Waals surface area contributed by atoms with Gasteiger partial charge in [-0.05, 0) is 51.4 Å². The van der Waals surface area contributed by atoms with Crippen LogP contribution in [0.25, 0.3) is 0 Å². The first-order valence-corrected chi connectivity index (χ1v) is 18.6. The first kappa shape index (κ1) is 45.6. The largest absolute Gasteiger partial charge is 0.228 e. The summed E-state index contributed by atoms with van der Waals surface area (Å²) < 4.78 is 85.3. The highest BCUT2D eigenvalue weighted by atomic mass is 32.2. The molecule has 0 rings (SSSR count). The molecule has 12 nitrogen and oxygen atoms in total. The van der Waals surface area contributed by atoms with Crippen LogP contribution in [-0.4, -0.2) is 54.7 Å². The Balaban J connectivity index is -0.000000216. The zero-order valence-electron chi connectivity index (χ0n) is 25.0. The van der Waals surface area contributed by atoms with Crippen molar-refractivity contribution in [1.82, 2.24) is 0 Å². The molecule has 8 N–H and O–H groups in total. The number of sulfonamides is 4. The fraction of sp³-hybridized carbons (Fsp3) is 0.667. The van der Waals surface area contributed by atoms with E-state index in [4.69, 9.17) is 20.6 Å². The van der Waals surface area contributed by atoms with Crippen LogP contribution in [-0.2, 0) is 40.1 Å². The zero-order chi connectivity index (χ0) is 33.4. The van der Waals surface area contributed by atoms with Gasteiger partial charge in [0, 0.05) is 0 Å². The lowest BCUT2D eigenvalue weighted by Gasteiger charge is -2.12. The number of rotatable bonds is 12. The minimum Gasteiger partial charge on any atom is -0.228 e. The minimum absolute atomic E-state index is 0.0880. The van der Waals surface area contributed by atoms with Crippen molar-refractivity contribution in [3.8, 4) is 0 Å². The molecule has 16 heteroatoms. The van der Waals surface area contributed by atoms with Crippen molar-refractivity contribution in [1.29, 1.82) is 0 Å². The van der Waals surface area contributed by atoms with Gasteiger partial charge in [0.05, 0.1) is 21.0 Å². The second kappa shape index (κ2) is 19.7. The average Bonchev–Trinajstić information content (AvgIpc) is 2.83. The molecule has 0 fully saturated rings. The molecule has 0 aliphatic carbocycles. The minimum atomic E-state index is -3.39. The van der Waals surface area contributed by atoms with E-state index in [2.05, 4.69) is 26.3 Å². The number of primary sulfonamides is 4. The second-order valence-corrected chi connectivity index (χ2v) is 17.2. The quantitative estimate of drug-likeness (QED) is 0.227. The van der Waals surface area contributed by atoms with Crippen LogP contribution >= 0.6 is 0 Å². The van der Waals surface area contributed by atoms with Crippen molar-refractivity contribution < 1.29 is 33.7 Å². The predicted octanol–water partition coefficient (Wildman–Crippen LogP) is 1.94. The molecule has 0 bridgehead atoms.